The van der Waals surface area contributed by atoms with Crippen LogP contribution in [0.2, 0.25) is 0 Å². The van der Waals surface area contributed by atoms with Crippen LogP contribution in [0.25, 0.3) is 0 Å². The predicted molar refractivity (Wildman–Crippen MR) is 122 cm³/mol. The van der Waals surface area contributed by atoms with Gasteiger partial charge in [0.05, 0.1) is 17.3 Å². The van der Waals surface area contributed by atoms with E-state index in [4.69, 9.17) is 0 Å². The van der Waals surface area contributed by atoms with Crippen LogP contribution in [0.3, 0.4) is 0 Å². The van der Waals surface area contributed by atoms with Crippen molar-refractivity contribution in [3.8, 4) is 0 Å². The van der Waals surface area contributed by atoms with Crippen LogP contribution in [0, 0.1) is 5.41 Å². The molecule has 0 aromatic carbocycles. The zero-order valence-electron chi connectivity index (χ0n) is 18.6. The zero-order chi connectivity index (χ0) is 21.3. The van der Waals surface area contributed by atoms with Gasteiger partial charge in [-0.25, -0.2) is 4.68 Å². The largest absolute Gasteiger partial charge is 0.273 e. The van der Waals surface area contributed by atoms with Gasteiger partial charge in [-0.3, -0.25) is 14.7 Å². The Morgan fingerprint density at radius 3 is 2.83 bits per heavy atom. The molecule has 3 aliphatic rings. The van der Waals surface area contributed by atoms with E-state index in [1.807, 2.05) is 21.8 Å². The fourth-order valence-corrected chi connectivity index (χ4v) is 4.58. The first-order valence-corrected chi connectivity index (χ1v) is 11.1. The molecule has 5 heteroatoms. The number of anilines is 1. The van der Waals surface area contributed by atoms with Crippen LogP contribution < -0.4 is 4.90 Å². The lowest BCUT2D eigenvalue weighted by atomic mass is 9.79. The molecular weight excluding hydrogens is 372 g/mol. The Kier molecular flexibility index (Phi) is 5.63. The van der Waals surface area contributed by atoms with Crippen LogP contribution in [0.5, 0.6) is 0 Å². The number of hydrogen-bond acceptors (Lipinski definition) is 3. The maximum Gasteiger partial charge on any atom is 0.242 e. The van der Waals surface area contributed by atoms with Crippen LogP contribution in [0.4, 0.5) is 5.82 Å². The number of carbonyl (C=O) groups is 1. The number of aliphatic imine (C=N–C) groups is 1. The molecule has 5 nitrogen and oxygen atoms in total. The molecule has 0 fully saturated rings. The molecule has 1 aromatic rings. The molecule has 0 unspecified atom stereocenters. The number of hydrogen-bond donors (Lipinski definition) is 0. The summed E-state index contributed by atoms with van der Waals surface area (Å²) in [4.78, 5) is 20.1. The van der Waals surface area contributed by atoms with Crippen LogP contribution >= 0.6 is 0 Å². The van der Waals surface area contributed by atoms with Crippen molar-refractivity contribution >= 4 is 17.4 Å². The summed E-state index contributed by atoms with van der Waals surface area (Å²) < 4.78 is 1.94. The van der Waals surface area contributed by atoms with Crippen molar-refractivity contribution < 1.29 is 4.79 Å². The third-order valence-electron chi connectivity index (χ3n) is 6.36. The smallest absolute Gasteiger partial charge is 0.242 e. The van der Waals surface area contributed by atoms with Crippen LogP contribution in [-0.2, 0) is 11.3 Å². The minimum Gasteiger partial charge on any atom is -0.273 e. The summed E-state index contributed by atoms with van der Waals surface area (Å²) >= 11 is 0. The molecule has 1 amide bonds. The van der Waals surface area contributed by atoms with Gasteiger partial charge in [0.2, 0.25) is 5.91 Å². The fraction of sp³-hybridized carbons (Fsp3) is 0.480. The minimum atomic E-state index is -0.490. The van der Waals surface area contributed by atoms with Crippen LogP contribution in [0.1, 0.15) is 66.2 Å². The minimum absolute atomic E-state index is 0.135. The molecule has 4 rings (SSSR count). The van der Waals surface area contributed by atoms with Crippen molar-refractivity contribution in [3.05, 3.63) is 59.1 Å². The highest BCUT2D eigenvalue weighted by molar-refractivity contribution is 6.06. The van der Waals surface area contributed by atoms with Gasteiger partial charge in [-0.05, 0) is 82.1 Å². The van der Waals surface area contributed by atoms with Crippen molar-refractivity contribution in [1.82, 2.24) is 9.78 Å². The van der Waals surface area contributed by atoms with E-state index >= 15 is 0 Å². The average Bonchev–Trinajstić information content (AvgIpc) is 3.27. The Morgan fingerprint density at radius 2 is 2.03 bits per heavy atom. The maximum absolute atomic E-state index is 13.5. The van der Waals surface area contributed by atoms with E-state index in [1.54, 1.807) is 6.20 Å². The summed E-state index contributed by atoms with van der Waals surface area (Å²) in [6, 6.07) is 1.95. The second-order valence-electron chi connectivity index (χ2n) is 8.95. The van der Waals surface area contributed by atoms with Crippen molar-refractivity contribution in [2.24, 2.45) is 10.4 Å². The topological polar surface area (TPSA) is 50.5 Å². The quantitative estimate of drug-likeness (QED) is 0.644. The molecule has 30 heavy (non-hydrogen) atoms. The highest BCUT2D eigenvalue weighted by atomic mass is 16.2. The van der Waals surface area contributed by atoms with Crippen molar-refractivity contribution in [3.63, 3.8) is 0 Å². The Hall–Kier alpha value is -2.69. The van der Waals surface area contributed by atoms with E-state index < -0.39 is 5.41 Å². The first-order valence-electron chi connectivity index (χ1n) is 11.1. The molecule has 1 aromatic heterocycles. The SMILES string of the molecule is CCCn1nccc1N1C(=O)C(C)(C)C2=C1C=C(/C1=C/N=C(C)CCCC=C1)CC2. The Balaban J connectivity index is 1.78. The molecule has 158 valence electrons. The normalized spacial score (nSPS) is 23.3. The first-order chi connectivity index (χ1) is 14.4. The molecule has 0 saturated heterocycles. The second kappa shape index (κ2) is 8.21. The van der Waals surface area contributed by atoms with Gasteiger partial charge in [-0.2, -0.15) is 5.10 Å². The molecule has 0 radical (unpaired) electrons. The summed E-state index contributed by atoms with van der Waals surface area (Å²) in [7, 11) is 0. The molecule has 1 aliphatic carbocycles. The monoisotopic (exact) mass is 404 g/mol. The van der Waals surface area contributed by atoms with Gasteiger partial charge in [0.25, 0.3) is 0 Å². The number of aromatic nitrogens is 2. The third-order valence-corrected chi connectivity index (χ3v) is 6.36. The molecule has 0 N–H and O–H groups in total. The highest BCUT2D eigenvalue weighted by Gasteiger charge is 2.47. The van der Waals surface area contributed by atoms with Crippen molar-refractivity contribution in [1.29, 1.82) is 0 Å². The number of amides is 1. The first kappa shape index (κ1) is 20.6. The standard InChI is InChI=1S/C25H32N4O/c1-5-15-28-23(13-14-27-28)29-22-16-19(11-12-21(22)25(3,4)24(29)30)20-10-8-6-7-9-18(2)26-17-20/h8,10,13-14,16-17H,5-7,9,11-12,15H2,1-4H3/b10-8?,20-17+,26-18?. The number of carbonyl (C=O) groups excluding carboxylic acids is 1. The highest BCUT2D eigenvalue weighted by Crippen LogP contribution is 2.48. The lowest BCUT2D eigenvalue weighted by Gasteiger charge is -2.23. The molecule has 2 aliphatic heterocycles. The van der Waals surface area contributed by atoms with E-state index in [9.17, 15) is 4.79 Å². The van der Waals surface area contributed by atoms with Gasteiger partial charge in [0.1, 0.15) is 5.82 Å². The lowest BCUT2D eigenvalue weighted by molar-refractivity contribution is -0.123. The zero-order valence-corrected chi connectivity index (χ0v) is 18.6. The molecule has 3 heterocycles. The average molecular weight is 405 g/mol. The summed E-state index contributed by atoms with van der Waals surface area (Å²) in [6.07, 6.45) is 16.5. The summed E-state index contributed by atoms with van der Waals surface area (Å²) in [5.41, 5.74) is 5.35. The van der Waals surface area contributed by atoms with Gasteiger partial charge in [-0.15, -0.1) is 0 Å². The molecule has 0 spiro atoms. The molecule has 0 atom stereocenters. The third kappa shape index (κ3) is 3.62. The molecule has 0 bridgehead atoms. The van der Waals surface area contributed by atoms with Gasteiger partial charge < -0.3 is 0 Å². The Labute approximate surface area is 179 Å². The summed E-state index contributed by atoms with van der Waals surface area (Å²) in [5, 5.41) is 4.46. The number of allylic oxidation sites excluding steroid dienone is 5. The molecular formula is C25H32N4O. The summed E-state index contributed by atoms with van der Waals surface area (Å²) in [5.74, 6) is 1.00. The fourth-order valence-electron chi connectivity index (χ4n) is 4.58. The molecule has 0 saturated carbocycles. The van der Waals surface area contributed by atoms with Gasteiger partial charge >= 0.3 is 0 Å². The van der Waals surface area contributed by atoms with E-state index in [2.05, 4.69) is 56.0 Å². The van der Waals surface area contributed by atoms with Crippen molar-refractivity contribution in [2.45, 2.75) is 72.8 Å². The number of nitrogens with zero attached hydrogens (tertiary/aromatic N) is 4. The van der Waals surface area contributed by atoms with Gasteiger partial charge in [0, 0.05) is 24.5 Å². The number of aryl methyl sites for hydroxylation is 1. The van der Waals surface area contributed by atoms with E-state index in [-0.39, 0.29) is 5.91 Å². The van der Waals surface area contributed by atoms with Gasteiger partial charge in [0.15, 0.2) is 0 Å². The van der Waals surface area contributed by atoms with E-state index in [0.717, 1.165) is 62.2 Å². The Morgan fingerprint density at radius 1 is 1.20 bits per heavy atom. The number of rotatable bonds is 4. The summed E-state index contributed by atoms with van der Waals surface area (Å²) in [6.45, 7) is 9.13. The van der Waals surface area contributed by atoms with Crippen molar-refractivity contribution in [2.75, 3.05) is 4.90 Å². The maximum atomic E-state index is 13.5. The lowest BCUT2D eigenvalue weighted by Crippen LogP contribution is -2.34. The van der Waals surface area contributed by atoms with Crippen LogP contribution in [-0.4, -0.2) is 21.4 Å². The van der Waals surface area contributed by atoms with Gasteiger partial charge in [-0.1, -0.05) is 19.1 Å². The van der Waals surface area contributed by atoms with E-state index in [0.29, 0.717) is 0 Å². The Bertz CT molecular complexity index is 1000. The predicted octanol–water partition coefficient (Wildman–Crippen LogP) is 5.73. The second-order valence-corrected chi connectivity index (χ2v) is 8.95. The van der Waals surface area contributed by atoms with Crippen LogP contribution in [0.15, 0.2) is 64.1 Å². The van der Waals surface area contributed by atoms with E-state index in [1.165, 1.54) is 16.9 Å².